The zero-order valence-electron chi connectivity index (χ0n) is 20.5. The Morgan fingerprint density at radius 2 is 1.90 bits per heavy atom. The van der Waals surface area contributed by atoms with Gasteiger partial charge in [-0.05, 0) is 124 Å². The number of ether oxygens (including phenoxy) is 1. The fraction of sp³-hybridized carbons (Fsp3) is 0.893. The van der Waals surface area contributed by atoms with Crippen molar-refractivity contribution in [2.24, 2.45) is 46.3 Å². The fourth-order valence-electron chi connectivity index (χ4n) is 9.18. The molecule has 0 saturated heterocycles. The van der Waals surface area contributed by atoms with Gasteiger partial charge in [-0.3, -0.25) is 0 Å². The second kappa shape index (κ2) is 9.20. The molecular weight excluding hydrogens is 384 g/mol. The molecule has 4 fully saturated rings. The summed E-state index contributed by atoms with van der Waals surface area (Å²) in [4.78, 5) is 12.0. The Morgan fingerprint density at radius 3 is 2.65 bits per heavy atom. The number of allylic oxidation sites excluding steroid dienone is 1. The highest BCUT2D eigenvalue weighted by atomic mass is 16.5. The molecule has 4 saturated carbocycles. The first kappa shape index (κ1) is 23.3. The molecule has 0 radical (unpaired) electrons. The number of esters is 1. The number of carbonyl (C=O) groups excluding carboxylic acids is 1. The fourth-order valence-corrected chi connectivity index (χ4v) is 9.18. The first-order valence-electron chi connectivity index (χ1n) is 13.3. The van der Waals surface area contributed by atoms with Crippen LogP contribution in [0.1, 0.15) is 98.3 Å². The van der Waals surface area contributed by atoms with Gasteiger partial charge in [-0.25, -0.2) is 4.79 Å². The minimum Gasteiger partial charge on any atom is -0.463 e. The van der Waals surface area contributed by atoms with Gasteiger partial charge < -0.3 is 9.84 Å². The van der Waals surface area contributed by atoms with Crippen molar-refractivity contribution in [2.75, 3.05) is 13.2 Å². The Kier molecular flexibility index (Phi) is 6.92. The van der Waals surface area contributed by atoms with Gasteiger partial charge in [0.05, 0.1) is 6.61 Å². The predicted molar refractivity (Wildman–Crippen MR) is 125 cm³/mol. The van der Waals surface area contributed by atoms with Gasteiger partial charge in [-0.2, -0.15) is 0 Å². The summed E-state index contributed by atoms with van der Waals surface area (Å²) in [5, 5.41) is 9.31. The minimum atomic E-state index is -0.143. The summed E-state index contributed by atoms with van der Waals surface area (Å²) >= 11 is 0. The van der Waals surface area contributed by atoms with Crippen molar-refractivity contribution in [3.05, 3.63) is 11.6 Å². The largest absolute Gasteiger partial charge is 0.463 e. The van der Waals surface area contributed by atoms with E-state index in [-0.39, 0.29) is 5.97 Å². The Bertz CT molecular complexity index is 684. The summed E-state index contributed by atoms with van der Waals surface area (Å²) in [6.45, 7) is 10.4. The van der Waals surface area contributed by atoms with E-state index in [2.05, 4.69) is 20.8 Å². The van der Waals surface area contributed by atoms with Crippen LogP contribution >= 0.6 is 0 Å². The normalized spacial score (nSPS) is 44.3. The van der Waals surface area contributed by atoms with Crippen molar-refractivity contribution >= 4 is 5.97 Å². The molecule has 0 aromatic rings. The lowest BCUT2D eigenvalue weighted by atomic mass is 9.44. The highest BCUT2D eigenvalue weighted by Crippen LogP contribution is 2.68. The van der Waals surface area contributed by atoms with E-state index in [0.717, 1.165) is 54.8 Å². The molecule has 8 atom stereocenters. The molecule has 7 unspecified atom stereocenters. The number of aliphatic hydroxyl groups is 1. The average Bonchev–Trinajstić information content (AvgIpc) is 3.09. The zero-order valence-corrected chi connectivity index (χ0v) is 20.5. The van der Waals surface area contributed by atoms with Crippen molar-refractivity contribution in [3.63, 3.8) is 0 Å². The number of hydrogen-bond donors (Lipinski definition) is 1. The van der Waals surface area contributed by atoms with Crippen LogP contribution in [0.15, 0.2) is 11.6 Å². The molecule has 0 amide bonds. The zero-order chi connectivity index (χ0) is 22.2. The van der Waals surface area contributed by atoms with Crippen LogP contribution in [0.4, 0.5) is 0 Å². The monoisotopic (exact) mass is 430 g/mol. The van der Waals surface area contributed by atoms with Gasteiger partial charge in [-0.15, -0.1) is 0 Å². The molecule has 31 heavy (non-hydrogen) atoms. The summed E-state index contributed by atoms with van der Waals surface area (Å²) in [6, 6.07) is 0. The predicted octanol–water partition coefficient (Wildman–Crippen LogP) is 6.54. The topological polar surface area (TPSA) is 46.5 Å². The Morgan fingerprint density at radius 1 is 1.13 bits per heavy atom. The molecule has 0 aliphatic heterocycles. The smallest absolute Gasteiger partial charge is 0.330 e. The molecule has 1 N–H and O–H groups in total. The lowest BCUT2D eigenvalue weighted by Crippen LogP contribution is -2.53. The van der Waals surface area contributed by atoms with E-state index in [4.69, 9.17) is 4.74 Å². The number of aliphatic hydroxyl groups excluding tert-OH is 1. The van der Waals surface area contributed by atoms with Gasteiger partial charge >= 0.3 is 5.97 Å². The SMILES string of the molecule is CCOC(=O)/C=C1\CCC2(C)C(CCC3C2CCC2(C)C3CC[C@@H]2C(C)CCCO)C1. The number of carbonyl (C=O) groups is 1. The quantitative estimate of drug-likeness (QED) is 0.384. The van der Waals surface area contributed by atoms with Crippen molar-refractivity contribution in [1.29, 1.82) is 0 Å². The maximum Gasteiger partial charge on any atom is 0.330 e. The molecular formula is C28H46O3. The van der Waals surface area contributed by atoms with E-state index in [1.807, 2.05) is 13.0 Å². The Balaban J connectivity index is 1.47. The van der Waals surface area contributed by atoms with Crippen LogP contribution in [-0.2, 0) is 9.53 Å². The average molecular weight is 431 g/mol. The summed E-state index contributed by atoms with van der Waals surface area (Å²) in [5.74, 6) is 4.88. The third kappa shape index (κ3) is 4.13. The van der Waals surface area contributed by atoms with Crippen LogP contribution in [0.5, 0.6) is 0 Å². The standard InChI is InChI=1S/C28H46O3/c1-5-31-26(30)18-20-12-14-27(3)21(17-20)8-9-22-24-11-10-23(19(2)7-6-16-29)28(24,4)15-13-25(22)27/h18-19,21-25,29H,5-17H2,1-4H3/b20-18+/t19?,21?,22?,23-,24?,25?,27?,28?/m1/s1. The Hall–Kier alpha value is -0.830. The molecule has 0 aromatic heterocycles. The van der Waals surface area contributed by atoms with Gasteiger partial charge in [0, 0.05) is 12.7 Å². The molecule has 3 heteroatoms. The Labute approximate surface area is 190 Å². The molecule has 0 bridgehead atoms. The maximum absolute atomic E-state index is 12.0. The highest BCUT2D eigenvalue weighted by Gasteiger charge is 2.60. The summed E-state index contributed by atoms with van der Waals surface area (Å²) in [7, 11) is 0. The molecule has 4 aliphatic carbocycles. The second-order valence-corrected chi connectivity index (χ2v) is 12.0. The van der Waals surface area contributed by atoms with Gasteiger partial charge in [0.2, 0.25) is 0 Å². The molecule has 0 aromatic carbocycles. The van der Waals surface area contributed by atoms with Gasteiger partial charge in [0.15, 0.2) is 0 Å². The lowest BCUT2D eigenvalue weighted by molar-refractivity contribution is -0.137. The summed E-state index contributed by atoms with van der Waals surface area (Å²) < 4.78 is 5.17. The van der Waals surface area contributed by atoms with Gasteiger partial charge in [0.25, 0.3) is 0 Å². The number of hydrogen-bond acceptors (Lipinski definition) is 3. The van der Waals surface area contributed by atoms with E-state index in [0.29, 0.717) is 24.0 Å². The van der Waals surface area contributed by atoms with E-state index >= 15 is 0 Å². The third-order valence-electron chi connectivity index (χ3n) is 10.7. The van der Waals surface area contributed by atoms with Crippen LogP contribution in [0, 0.1) is 46.3 Å². The number of fused-ring (bicyclic) bond motifs is 5. The van der Waals surface area contributed by atoms with Crippen molar-refractivity contribution in [3.8, 4) is 0 Å². The first-order chi connectivity index (χ1) is 14.8. The third-order valence-corrected chi connectivity index (χ3v) is 10.7. The first-order valence-corrected chi connectivity index (χ1v) is 13.3. The van der Waals surface area contributed by atoms with Crippen LogP contribution in [-0.4, -0.2) is 24.3 Å². The molecule has 3 nitrogen and oxygen atoms in total. The van der Waals surface area contributed by atoms with Crippen LogP contribution in [0.2, 0.25) is 0 Å². The second-order valence-electron chi connectivity index (χ2n) is 12.0. The van der Waals surface area contributed by atoms with E-state index in [1.165, 1.54) is 56.9 Å². The molecule has 176 valence electrons. The molecule has 0 spiro atoms. The molecule has 4 rings (SSSR count). The van der Waals surface area contributed by atoms with Crippen LogP contribution in [0.3, 0.4) is 0 Å². The molecule has 0 heterocycles. The maximum atomic E-state index is 12.0. The minimum absolute atomic E-state index is 0.143. The summed E-state index contributed by atoms with van der Waals surface area (Å²) in [6.07, 6.45) is 15.8. The van der Waals surface area contributed by atoms with Crippen LogP contribution in [0.25, 0.3) is 0 Å². The van der Waals surface area contributed by atoms with Crippen LogP contribution < -0.4 is 0 Å². The van der Waals surface area contributed by atoms with Gasteiger partial charge in [0.1, 0.15) is 0 Å². The number of rotatable bonds is 6. The van der Waals surface area contributed by atoms with Gasteiger partial charge in [-0.1, -0.05) is 26.3 Å². The molecule has 4 aliphatic rings. The van der Waals surface area contributed by atoms with Crippen molar-refractivity contribution in [2.45, 2.75) is 98.3 Å². The van der Waals surface area contributed by atoms with E-state index in [9.17, 15) is 9.90 Å². The lowest BCUT2D eigenvalue weighted by Gasteiger charge is -2.61. The van der Waals surface area contributed by atoms with E-state index < -0.39 is 0 Å². The van der Waals surface area contributed by atoms with E-state index in [1.54, 1.807) is 0 Å². The van der Waals surface area contributed by atoms with Crippen molar-refractivity contribution in [1.82, 2.24) is 0 Å². The van der Waals surface area contributed by atoms with Crippen molar-refractivity contribution < 1.29 is 14.6 Å². The highest BCUT2D eigenvalue weighted by molar-refractivity contribution is 5.82. The summed E-state index contributed by atoms with van der Waals surface area (Å²) in [5.41, 5.74) is 2.30.